The number of para-hydroxylation sites is 2. The highest BCUT2D eigenvalue weighted by Gasteiger charge is 2.31. The molecule has 0 amide bonds. The summed E-state index contributed by atoms with van der Waals surface area (Å²) in [6.45, 7) is 18.8. The lowest BCUT2D eigenvalue weighted by Gasteiger charge is -2.29. The van der Waals surface area contributed by atoms with Crippen LogP contribution in [0.25, 0.3) is 38.8 Å². The van der Waals surface area contributed by atoms with E-state index in [0.717, 1.165) is 45.1 Å². The molecule has 3 heterocycles. The second-order valence-corrected chi connectivity index (χ2v) is 19.9. The van der Waals surface area contributed by atoms with Crippen molar-refractivity contribution in [3.05, 3.63) is 204 Å². The van der Waals surface area contributed by atoms with E-state index in [1.165, 1.54) is 50.1 Å². The second-order valence-electron chi connectivity index (χ2n) is 19.9. The average molecular weight is 837 g/mol. The lowest BCUT2D eigenvalue weighted by atomic mass is 9.78. The fraction of sp³-hybridized carbons (Fsp3) is 0.203. The number of nitrogens with zero attached hydrogens (tertiary/aromatic N) is 4. The van der Waals surface area contributed by atoms with E-state index in [0.29, 0.717) is 6.67 Å². The van der Waals surface area contributed by atoms with Crippen LogP contribution in [-0.4, -0.2) is 16.2 Å². The number of aromatic nitrogens is 2. The summed E-state index contributed by atoms with van der Waals surface area (Å²) in [7, 11) is 0. The van der Waals surface area contributed by atoms with Gasteiger partial charge < -0.3 is 14.5 Å². The molecule has 0 bridgehead atoms. The van der Waals surface area contributed by atoms with Crippen molar-refractivity contribution in [1.82, 2.24) is 9.55 Å². The van der Waals surface area contributed by atoms with E-state index >= 15 is 0 Å². The van der Waals surface area contributed by atoms with Crippen molar-refractivity contribution in [2.75, 3.05) is 16.5 Å². The lowest BCUT2D eigenvalue weighted by molar-refractivity contribution is 0.480. The first-order chi connectivity index (χ1) is 30.7. The van der Waals surface area contributed by atoms with Gasteiger partial charge in [0.15, 0.2) is 0 Å². The Hall–Kier alpha value is -7.11. The Balaban J connectivity index is 1.10. The van der Waals surface area contributed by atoms with Gasteiger partial charge in [-0.15, -0.1) is 0 Å². The molecule has 0 atom stereocenters. The lowest BCUT2D eigenvalue weighted by Crippen LogP contribution is -2.25. The summed E-state index contributed by atoms with van der Waals surface area (Å²) >= 11 is 0. The minimum Gasteiger partial charge on any atom is -0.457 e. The predicted octanol–water partition coefficient (Wildman–Crippen LogP) is 15.8. The van der Waals surface area contributed by atoms with Gasteiger partial charge in [-0.1, -0.05) is 146 Å². The van der Waals surface area contributed by atoms with Gasteiger partial charge in [-0.3, -0.25) is 4.57 Å². The number of hydrogen-bond acceptors (Lipinski definition) is 4. The number of anilines is 4. The van der Waals surface area contributed by atoms with E-state index in [1.807, 2.05) is 6.20 Å². The molecule has 0 aliphatic carbocycles. The molecule has 0 spiro atoms. The Kier molecular flexibility index (Phi) is 9.98. The normalized spacial score (nSPS) is 13.2. The van der Waals surface area contributed by atoms with Crippen LogP contribution in [0.2, 0.25) is 0 Å². The molecule has 1 aliphatic heterocycles. The van der Waals surface area contributed by atoms with Gasteiger partial charge in [0.2, 0.25) is 0 Å². The van der Waals surface area contributed by atoms with Crippen LogP contribution in [0.4, 0.5) is 22.7 Å². The van der Waals surface area contributed by atoms with Crippen molar-refractivity contribution in [1.29, 1.82) is 0 Å². The zero-order chi connectivity index (χ0) is 44.4. The molecular formula is C59H56N4O. The molecule has 0 saturated carbocycles. The molecule has 0 N–H and O–H groups in total. The molecule has 0 radical (unpaired) electrons. The van der Waals surface area contributed by atoms with E-state index in [1.54, 1.807) is 0 Å². The van der Waals surface area contributed by atoms with Gasteiger partial charge in [0.1, 0.15) is 24.0 Å². The zero-order valence-electron chi connectivity index (χ0n) is 38.2. The van der Waals surface area contributed by atoms with Crippen LogP contribution in [-0.2, 0) is 16.2 Å². The van der Waals surface area contributed by atoms with Gasteiger partial charge in [-0.25, -0.2) is 4.98 Å². The largest absolute Gasteiger partial charge is 0.457 e. The number of pyridine rings is 1. The molecular weight excluding hydrogens is 781 g/mol. The maximum Gasteiger partial charge on any atom is 0.137 e. The highest BCUT2D eigenvalue weighted by molar-refractivity contribution is 6.10. The zero-order valence-corrected chi connectivity index (χ0v) is 38.2. The quantitative estimate of drug-likeness (QED) is 0.153. The van der Waals surface area contributed by atoms with Crippen LogP contribution in [0.1, 0.15) is 77.6 Å². The van der Waals surface area contributed by atoms with Crippen LogP contribution >= 0.6 is 0 Å². The van der Waals surface area contributed by atoms with Crippen LogP contribution in [0, 0.1) is 0 Å². The third kappa shape index (κ3) is 7.49. The molecule has 0 saturated heterocycles. The molecule has 2 aromatic heterocycles. The number of benzene rings is 7. The van der Waals surface area contributed by atoms with Crippen LogP contribution in [0.5, 0.6) is 11.5 Å². The van der Waals surface area contributed by atoms with E-state index in [2.05, 4.69) is 246 Å². The third-order valence-corrected chi connectivity index (χ3v) is 13.1. The number of rotatable bonds is 8. The molecule has 5 nitrogen and oxygen atoms in total. The van der Waals surface area contributed by atoms with Gasteiger partial charge in [-0.05, 0) is 117 Å². The molecule has 7 aromatic carbocycles. The Morgan fingerprint density at radius 2 is 1.09 bits per heavy atom. The van der Waals surface area contributed by atoms with Gasteiger partial charge in [-0.2, -0.15) is 0 Å². The van der Waals surface area contributed by atoms with Crippen molar-refractivity contribution in [3.8, 4) is 28.4 Å². The molecule has 318 valence electrons. The summed E-state index contributed by atoms with van der Waals surface area (Å²) in [5, 5.41) is 2.32. The molecule has 9 aromatic rings. The molecule has 10 rings (SSSR count). The fourth-order valence-corrected chi connectivity index (χ4v) is 9.24. The average Bonchev–Trinajstić information content (AvgIpc) is 3.85. The van der Waals surface area contributed by atoms with Crippen molar-refractivity contribution >= 4 is 44.6 Å². The number of hydrogen-bond donors (Lipinski definition) is 0. The minimum atomic E-state index is -0.312. The van der Waals surface area contributed by atoms with E-state index < -0.39 is 0 Å². The Morgan fingerprint density at radius 3 is 1.78 bits per heavy atom. The first kappa shape index (κ1) is 40.9. The SMILES string of the molecule is CC(C)(C)c1ccc(N2CN(c3cc(Oc4ccc5c6cc(-c7ccccc7)ccc6n(-c6cc(C(C)(C)C)ccn6)c5c4)cc(C(C)(C)c4ccccc4)c3)c3ccccc32)cc1. The minimum absolute atomic E-state index is 0.0365. The summed E-state index contributed by atoms with van der Waals surface area (Å²) in [6.07, 6.45) is 1.94. The highest BCUT2D eigenvalue weighted by Crippen LogP contribution is 2.47. The summed E-state index contributed by atoms with van der Waals surface area (Å²) in [4.78, 5) is 9.82. The predicted molar refractivity (Wildman–Crippen MR) is 269 cm³/mol. The Bertz CT molecular complexity index is 3150. The van der Waals surface area contributed by atoms with E-state index in [9.17, 15) is 0 Å². The molecule has 1 aliphatic rings. The van der Waals surface area contributed by atoms with Crippen LogP contribution < -0.4 is 14.5 Å². The summed E-state index contributed by atoms with van der Waals surface area (Å²) < 4.78 is 9.38. The van der Waals surface area contributed by atoms with E-state index in [4.69, 9.17) is 9.72 Å². The summed E-state index contributed by atoms with van der Waals surface area (Å²) in [5.74, 6) is 2.43. The standard InChI is InChI=1S/C59H56N4O/c1-57(2,3)42-24-26-46(27-25-42)61-39-62(54-22-16-15-21-53(54)61)47-34-45(59(7,8)43-19-13-10-14-20-43)35-49(37-47)64-48-28-29-50-51-33-41(40-17-11-9-12-18-40)23-30-52(51)63(55(50)38-48)56-36-44(31-32-60-56)58(4,5)6/h9-38H,39H2,1-8H3. The Morgan fingerprint density at radius 1 is 0.438 bits per heavy atom. The van der Waals surface area contributed by atoms with E-state index in [-0.39, 0.29) is 16.2 Å². The van der Waals surface area contributed by atoms with Crippen molar-refractivity contribution in [2.24, 2.45) is 0 Å². The first-order valence-corrected chi connectivity index (χ1v) is 22.5. The molecule has 0 unspecified atom stereocenters. The monoisotopic (exact) mass is 836 g/mol. The maximum atomic E-state index is 7.09. The van der Waals surface area contributed by atoms with Gasteiger partial charge in [0.25, 0.3) is 0 Å². The first-order valence-electron chi connectivity index (χ1n) is 22.5. The van der Waals surface area contributed by atoms with Gasteiger partial charge in [0.05, 0.1) is 22.4 Å². The number of fused-ring (bicyclic) bond motifs is 4. The Labute approximate surface area is 378 Å². The van der Waals surface area contributed by atoms with Crippen molar-refractivity contribution in [3.63, 3.8) is 0 Å². The topological polar surface area (TPSA) is 33.5 Å². The van der Waals surface area contributed by atoms with Crippen molar-refractivity contribution < 1.29 is 4.74 Å². The van der Waals surface area contributed by atoms with Crippen molar-refractivity contribution in [2.45, 2.75) is 71.6 Å². The fourth-order valence-electron chi connectivity index (χ4n) is 9.24. The van der Waals surface area contributed by atoms with Crippen LogP contribution in [0.15, 0.2) is 182 Å². The summed E-state index contributed by atoms with van der Waals surface area (Å²) in [6, 6.07) is 63.6. The van der Waals surface area contributed by atoms with Crippen LogP contribution in [0.3, 0.4) is 0 Å². The smallest absolute Gasteiger partial charge is 0.137 e. The van der Waals surface area contributed by atoms with Gasteiger partial charge in [0, 0.05) is 45.9 Å². The van der Waals surface area contributed by atoms with Gasteiger partial charge >= 0.3 is 0 Å². The molecule has 64 heavy (non-hydrogen) atoms. The highest BCUT2D eigenvalue weighted by atomic mass is 16.5. The summed E-state index contributed by atoms with van der Waals surface area (Å²) in [5.41, 5.74) is 13.8. The molecule has 0 fully saturated rings. The number of ether oxygens (including phenoxy) is 1. The molecule has 5 heteroatoms. The second kappa shape index (κ2) is 15.6. The third-order valence-electron chi connectivity index (χ3n) is 13.1. The maximum absolute atomic E-state index is 7.09.